The van der Waals surface area contributed by atoms with Crippen molar-refractivity contribution in [1.29, 1.82) is 0 Å². The lowest BCUT2D eigenvalue weighted by atomic mass is 10.00. The number of halogens is 1. The monoisotopic (exact) mass is 282 g/mol. The molecule has 1 aromatic carbocycles. The SMILES string of the molecule is Cc1ccccc1CC(=O)N1CCCCC1CN.Cl. The summed E-state index contributed by atoms with van der Waals surface area (Å²) in [7, 11) is 0. The predicted molar refractivity (Wildman–Crippen MR) is 80.5 cm³/mol. The van der Waals surface area contributed by atoms with E-state index in [0.29, 0.717) is 13.0 Å². The number of amides is 1. The summed E-state index contributed by atoms with van der Waals surface area (Å²) in [6, 6.07) is 8.34. The maximum atomic E-state index is 12.4. The molecule has 1 fully saturated rings. The van der Waals surface area contributed by atoms with Crippen LogP contribution < -0.4 is 5.73 Å². The first-order valence-corrected chi connectivity index (χ1v) is 6.76. The van der Waals surface area contributed by atoms with Crippen LogP contribution in [0.15, 0.2) is 24.3 Å². The molecule has 0 radical (unpaired) electrons. The van der Waals surface area contributed by atoms with Gasteiger partial charge in [-0.05, 0) is 37.3 Å². The third-order valence-electron chi connectivity index (χ3n) is 3.82. The summed E-state index contributed by atoms with van der Waals surface area (Å²) in [4.78, 5) is 14.3. The Balaban J connectivity index is 0.00000180. The molecule has 2 rings (SSSR count). The number of rotatable bonds is 3. The zero-order valence-electron chi connectivity index (χ0n) is 11.5. The fraction of sp³-hybridized carbons (Fsp3) is 0.533. The molecule has 1 atom stereocenters. The van der Waals surface area contributed by atoms with E-state index in [1.54, 1.807) is 0 Å². The Morgan fingerprint density at radius 3 is 2.79 bits per heavy atom. The number of piperidine rings is 1. The second kappa shape index (κ2) is 7.51. The molecule has 0 aliphatic carbocycles. The van der Waals surface area contributed by atoms with Crippen LogP contribution in [-0.4, -0.2) is 29.9 Å². The van der Waals surface area contributed by atoms with Gasteiger partial charge in [0.15, 0.2) is 0 Å². The van der Waals surface area contributed by atoms with Crippen molar-refractivity contribution in [2.75, 3.05) is 13.1 Å². The molecular formula is C15H23ClN2O. The third-order valence-corrected chi connectivity index (χ3v) is 3.82. The van der Waals surface area contributed by atoms with E-state index in [1.807, 2.05) is 23.1 Å². The Hall–Kier alpha value is -1.06. The fourth-order valence-electron chi connectivity index (χ4n) is 2.65. The highest BCUT2D eigenvalue weighted by molar-refractivity contribution is 5.85. The summed E-state index contributed by atoms with van der Waals surface area (Å²) in [6.07, 6.45) is 3.85. The van der Waals surface area contributed by atoms with Gasteiger partial charge in [-0.2, -0.15) is 0 Å². The number of likely N-dealkylation sites (tertiary alicyclic amines) is 1. The van der Waals surface area contributed by atoms with Gasteiger partial charge in [-0.25, -0.2) is 0 Å². The van der Waals surface area contributed by atoms with Gasteiger partial charge >= 0.3 is 0 Å². The van der Waals surface area contributed by atoms with Gasteiger partial charge in [0.2, 0.25) is 5.91 Å². The molecule has 0 saturated carbocycles. The second-order valence-electron chi connectivity index (χ2n) is 5.08. The van der Waals surface area contributed by atoms with Gasteiger partial charge in [0.25, 0.3) is 0 Å². The van der Waals surface area contributed by atoms with E-state index in [-0.39, 0.29) is 24.4 Å². The van der Waals surface area contributed by atoms with Gasteiger partial charge < -0.3 is 10.6 Å². The van der Waals surface area contributed by atoms with Gasteiger partial charge in [0.1, 0.15) is 0 Å². The number of carbonyl (C=O) groups is 1. The van der Waals surface area contributed by atoms with Crippen molar-refractivity contribution in [3.63, 3.8) is 0 Å². The van der Waals surface area contributed by atoms with E-state index in [2.05, 4.69) is 13.0 Å². The molecule has 2 N–H and O–H groups in total. The van der Waals surface area contributed by atoms with Gasteiger partial charge in [-0.15, -0.1) is 12.4 Å². The molecular weight excluding hydrogens is 260 g/mol. The number of aryl methyl sites for hydroxylation is 1. The van der Waals surface area contributed by atoms with E-state index in [0.717, 1.165) is 24.9 Å². The molecule has 1 saturated heterocycles. The molecule has 3 nitrogen and oxygen atoms in total. The lowest BCUT2D eigenvalue weighted by molar-refractivity contribution is -0.133. The molecule has 1 aliphatic rings. The normalized spacial score (nSPS) is 18.8. The first-order chi connectivity index (χ1) is 8.72. The lowest BCUT2D eigenvalue weighted by Gasteiger charge is -2.35. The summed E-state index contributed by atoms with van der Waals surface area (Å²) >= 11 is 0. The van der Waals surface area contributed by atoms with Crippen LogP contribution >= 0.6 is 12.4 Å². The molecule has 1 aromatic rings. The number of nitrogens with zero attached hydrogens (tertiary/aromatic N) is 1. The molecule has 19 heavy (non-hydrogen) atoms. The molecule has 4 heteroatoms. The van der Waals surface area contributed by atoms with E-state index in [4.69, 9.17) is 5.73 Å². The highest BCUT2D eigenvalue weighted by atomic mass is 35.5. The minimum absolute atomic E-state index is 0. The molecule has 0 bridgehead atoms. The highest BCUT2D eigenvalue weighted by Gasteiger charge is 2.25. The zero-order valence-corrected chi connectivity index (χ0v) is 12.3. The van der Waals surface area contributed by atoms with Gasteiger partial charge in [0, 0.05) is 19.1 Å². The van der Waals surface area contributed by atoms with Crippen molar-refractivity contribution >= 4 is 18.3 Å². The first-order valence-electron chi connectivity index (χ1n) is 6.76. The van der Waals surface area contributed by atoms with Crippen molar-refractivity contribution < 1.29 is 4.79 Å². The van der Waals surface area contributed by atoms with Crippen molar-refractivity contribution in [1.82, 2.24) is 4.90 Å². The smallest absolute Gasteiger partial charge is 0.227 e. The summed E-state index contributed by atoms with van der Waals surface area (Å²) in [5.74, 6) is 0.222. The minimum Gasteiger partial charge on any atom is -0.338 e. The van der Waals surface area contributed by atoms with E-state index in [1.165, 1.54) is 12.0 Å². The van der Waals surface area contributed by atoms with E-state index >= 15 is 0 Å². The fourth-order valence-corrected chi connectivity index (χ4v) is 2.65. The second-order valence-corrected chi connectivity index (χ2v) is 5.08. The number of carbonyl (C=O) groups excluding carboxylic acids is 1. The summed E-state index contributed by atoms with van der Waals surface area (Å²) in [5, 5.41) is 0. The average molecular weight is 283 g/mol. The van der Waals surface area contributed by atoms with Crippen molar-refractivity contribution in [2.45, 2.75) is 38.6 Å². The Morgan fingerprint density at radius 2 is 2.11 bits per heavy atom. The van der Waals surface area contributed by atoms with Crippen molar-refractivity contribution in [3.05, 3.63) is 35.4 Å². The molecule has 1 unspecified atom stereocenters. The summed E-state index contributed by atoms with van der Waals surface area (Å²) < 4.78 is 0. The Bertz CT molecular complexity index is 422. The number of hydrogen-bond acceptors (Lipinski definition) is 2. The largest absolute Gasteiger partial charge is 0.338 e. The number of nitrogens with two attached hydrogens (primary N) is 1. The van der Waals surface area contributed by atoms with Crippen molar-refractivity contribution in [3.8, 4) is 0 Å². The van der Waals surface area contributed by atoms with E-state index < -0.39 is 0 Å². The Kier molecular flexibility index (Phi) is 6.32. The maximum absolute atomic E-state index is 12.4. The first kappa shape index (κ1) is 16.0. The summed E-state index contributed by atoms with van der Waals surface area (Å²) in [5.41, 5.74) is 8.08. The number of hydrogen-bond donors (Lipinski definition) is 1. The van der Waals surface area contributed by atoms with Crippen LogP contribution in [0, 0.1) is 6.92 Å². The van der Waals surface area contributed by atoms with Gasteiger partial charge in [-0.1, -0.05) is 24.3 Å². The van der Waals surface area contributed by atoms with Crippen LogP contribution in [0.1, 0.15) is 30.4 Å². The van der Waals surface area contributed by atoms with Crippen LogP contribution in [0.25, 0.3) is 0 Å². The third kappa shape index (κ3) is 3.95. The molecule has 1 aliphatic heterocycles. The van der Waals surface area contributed by atoms with Crippen LogP contribution in [0.3, 0.4) is 0 Å². The Morgan fingerprint density at radius 1 is 1.37 bits per heavy atom. The van der Waals surface area contributed by atoms with Gasteiger partial charge in [-0.3, -0.25) is 4.79 Å². The highest BCUT2D eigenvalue weighted by Crippen LogP contribution is 2.18. The van der Waals surface area contributed by atoms with Crippen molar-refractivity contribution in [2.24, 2.45) is 5.73 Å². The molecule has 1 heterocycles. The van der Waals surface area contributed by atoms with E-state index in [9.17, 15) is 4.79 Å². The lowest BCUT2D eigenvalue weighted by Crippen LogP contribution is -2.48. The predicted octanol–water partition coefficient (Wildman–Crippen LogP) is 2.30. The Labute approximate surface area is 121 Å². The molecule has 1 amide bonds. The number of benzene rings is 1. The van der Waals surface area contributed by atoms with Crippen LogP contribution in [0.5, 0.6) is 0 Å². The van der Waals surface area contributed by atoms with Crippen LogP contribution in [0.2, 0.25) is 0 Å². The standard InChI is InChI=1S/C15H22N2O.ClH/c1-12-6-2-3-7-13(12)10-15(18)17-9-5-4-8-14(17)11-16;/h2-3,6-7,14H,4-5,8-11,16H2,1H3;1H. The quantitative estimate of drug-likeness (QED) is 0.925. The molecule has 106 valence electrons. The maximum Gasteiger partial charge on any atom is 0.227 e. The minimum atomic E-state index is 0. The molecule has 0 aromatic heterocycles. The zero-order chi connectivity index (χ0) is 13.0. The molecule has 0 spiro atoms. The average Bonchev–Trinajstić information content (AvgIpc) is 2.41. The van der Waals surface area contributed by atoms with Crippen LogP contribution in [0.4, 0.5) is 0 Å². The topological polar surface area (TPSA) is 46.3 Å². The van der Waals surface area contributed by atoms with Gasteiger partial charge in [0.05, 0.1) is 6.42 Å². The summed E-state index contributed by atoms with van der Waals surface area (Å²) in [6.45, 7) is 3.51. The van der Waals surface area contributed by atoms with Crippen LogP contribution in [-0.2, 0) is 11.2 Å².